The van der Waals surface area contributed by atoms with Gasteiger partial charge in [0.2, 0.25) is 0 Å². The first-order chi connectivity index (χ1) is 17.2. The van der Waals surface area contributed by atoms with Crippen molar-refractivity contribution in [2.45, 2.75) is 57.2 Å². The molecule has 5 rings (SSSR count). The zero-order valence-corrected chi connectivity index (χ0v) is 20.8. The van der Waals surface area contributed by atoms with Gasteiger partial charge in [-0.1, -0.05) is 24.4 Å². The van der Waals surface area contributed by atoms with Crippen LogP contribution in [0, 0.1) is 0 Å². The number of anilines is 2. The lowest BCUT2D eigenvalue weighted by atomic mass is 10.0. The predicted molar refractivity (Wildman–Crippen MR) is 138 cm³/mol. The van der Waals surface area contributed by atoms with Crippen molar-refractivity contribution in [1.29, 1.82) is 0 Å². The monoisotopic (exact) mass is 499 g/mol. The van der Waals surface area contributed by atoms with Crippen LogP contribution in [0.2, 0.25) is 5.02 Å². The first-order valence-corrected chi connectivity index (χ1v) is 13.0. The summed E-state index contributed by atoms with van der Waals surface area (Å²) in [5.74, 6) is 1.43. The lowest BCUT2D eigenvalue weighted by molar-refractivity contribution is 0.0769. The fraction of sp³-hybridized carbons (Fsp3) is 0.538. The van der Waals surface area contributed by atoms with Gasteiger partial charge in [0.1, 0.15) is 23.7 Å². The molecule has 35 heavy (non-hydrogen) atoms. The topological polar surface area (TPSA) is 84.7 Å². The Balaban J connectivity index is 1.22. The largest absolute Gasteiger partial charge is 0.489 e. The Morgan fingerprint density at radius 2 is 1.89 bits per heavy atom. The van der Waals surface area contributed by atoms with E-state index < -0.39 is 0 Å². The summed E-state index contributed by atoms with van der Waals surface area (Å²) in [6.45, 7) is 3.70. The molecule has 9 heteroatoms. The van der Waals surface area contributed by atoms with Gasteiger partial charge in [-0.2, -0.15) is 0 Å². The number of halogens is 1. The molecule has 1 saturated carbocycles. The predicted octanol–water partition coefficient (Wildman–Crippen LogP) is 4.62. The standard InChI is InChI=1S/C26H34ClN5O3/c27-22-17-19(5-6-24(22)35-21-7-10-31(11-8-21)20-3-1-2-4-20)30-26-25-23(28-18-29-26)9-12-32(25)13-15-34-16-14-33/h5-6,9,12,17-18,20-21,33H,1-4,7-8,10-11,13-16H2,(H,28,29,30). The maximum Gasteiger partial charge on any atom is 0.158 e. The lowest BCUT2D eigenvalue weighted by Gasteiger charge is -2.36. The maximum absolute atomic E-state index is 8.90. The zero-order chi connectivity index (χ0) is 24.0. The number of fused-ring (bicyclic) bond motifs is 1. The Bertz CT molecular complexity index is 1110. The molecule has 2 aliphatic rings. The van der Waals surface area contributed by atoms with Gasteiger partial charge < -0.3 is 29.4 Å². The highest BCUT2D eigenvalue weighted by molar-refractivity contribution is 6.32. The summed E-state index contributed by atoms with van der Waals surface area (Å²) in [6.07, 6.45) is 11.3. The van der Waals surface area contributed by atoms with E-state index in [9.17, 15) is 0 Å². The van der Waals surface area contributed by atoms with Crippen molar-refractivity contribution < 1.29 is 14.6 Å². The number of hydrogen-bond acceptors (Lipinski definition) is 7. The lowest BCUT2D eigenvalue weighted by Crippen LogP contribution is -2.43. The molecule has 0 atom stereocenters. The van der Waals surface area contributed by atoms with Crippen molar-refractivity contribution in [3.05, 3.63) is 41.8 Å². The summed E-state index contributed by atoms with van der Waals surface area (Å²) >= 11 is 6.62. The van der Waals surface area contributed by atoms with E-state index in [0.717, 1.165) is 54.4 Å². The van der Waals surface area contributed by atoms with Crippen LogP contribution in [0.15, 0.2) is 36.8 Å². The van der Waals surface area contributed by atoms with Gasteiger partial charge in [0.25, 0.3) is 0 Å². The molecular weight excluding hydrogens is 466 g/mol. The third-order valence-electron chi connectivity index (χ3n) is 7.07. The van der Waals surface area contributed by atoms with E-state index in [4.69, 9.17) is 26.2 Å². The van der Waals surface area contributed by atoms with Crippen LogP contribution < -0.4 is 10.1 Å². The number of aliphatic hydroxyl groups excluding tert-OH is 1. The van der Waals surface area contributed by atoms with Gasteiger partial charge in [-0.3, -0.25) is 0 Å². The number of piperidine rings is 1. The van der Waals surface area contributed by atoms with E-state index in [1.807, 2.05) is 35.0 Å². The first-order valence-electron chi connectivity index (χ1n) is 12.7. The van der Waals surface area contributed by atoms with E-state index in [1.54, 1.807) is 6.33 Å². The molecule has 0 amide bonds. The number of likely N-dealkylation sites (tertiary alicyclic amines) is 1. The van der Waals surface area contributed by atoms with E-state index in [-0.39, 0.29) is 12.7 Å². The van der Waals surface area contributed by atoms with Crippen LogP contribution in [0.5, 0.6) is 5.75 Å². The summed E-state index contributed by atoms with van der Waals surface area (Å²) in [5, 5.41) is 12.9. The van der Waals surface area contributed by atoms with Gasteiger partial charge >= 0.3 is 0 Å². The van der Waals surface area contributed by atoms with Crippen LogP contribution in [0.4, 0.5) is 11.5 Å². The molecule has 1 aliphatic carbocycles. The van der Waals surface area contributed by atoms with Crippen LogP contribution in [0.25, 0.3) is 11.0 Å². The van der Waals surface area contributed by atoms with Gasteiger partial charge in [-0.15, -0.1) is 0 Å². The molecule has 3 aromatic rings. The molecule has 2 fully saturated rings. The molecule has 0 unspecified atom stereocenters. The Morgan fingerprint density at radius 1 is 1.06 bits per heavy atom. The number of aromatic nitrogens is 3. The van der Waals surface area contributed by atoms with Crippen LogP contribution in [0.3, 0.4) is 0 Å². The summed E-state index contributed by atoms with van der Waals surface area (Å²) < 4.78 is 13.8. The van der Waals surface area contributed by atoms with Crippen molar-refractivity contribution in [2.24, 2.45) is 0 Å². The Morgan fingerprint density at radius 3 is 2.66 bits per heavy atom. The highest BCUT2D eigenvalue weighted by atomic mass is 35.5. The minimum atomic E-state index is 0.0163. The van der Waals surface area contributed by atoms with Crippen molar-refractivity contribution in [3.8, 4) is 5.75 Å². The van der Waals surface area contributed by atoms with Crippen molar-refractivity contribution in [2.75, 3.05) is 38.2 Å². The summed E-state index contributed by atoms with van der Waals surface area (Å²) in [5.41, 5.74) is 2.58. The van der Waals surface area contributed by atoms with Gasteiger partial charge in [-0.25, -0.2) is 9.97 Å². The first kappa shape index (κ1) is 24.3. The third kappa shape index (κ3) is 5.89. The molecule has 1 saturated heterocycles. The smallest absolute Gasteiger partial charge is 0.158 e. The van der Waals surface area contributed by atoms with E-state index in [0.29, 0.717) is 30.6 Å². The average Bonchev–Trinajstić information content (AvgIpc) is 3.55. The Labute approximate surface area is 211 Å². The summed E-state index contributed by atoms with van der Waals surface area (Å²) in [6, 6.07) is 8.54. The molecule has 1 aromatic carbocycles. The van der Waals surface area contributed by atoms with Gasteiger partial charge in [-0.05, 0) is 49.9 Å². The second kappa shape index (κ2) is 11.6. The quantitative estimate of drug-likeness (QED) is 0.393. The molecule has 8 nitrogen and oxygen atoms in total. The van der Waals surface area contributed by atoms with Crippen LogP contribution in [0.1, 0.15) is 38.5 Å². The minimum absolute atomic E-state index is 0.0163. The molecule has 3 heterocycles. The molecule has 0 bridgehead atoms. The molecular formula is C26H34ClN5O3. The van der Waals surface area contributed by atoms with Gasteiger partial charge in [0.05, 0.1) is 30.4 Å². The van der Waals surface area contributed by atoms with E-state index in [1.165, 1.54) is 25.7 Å². The zero-order valence-electron chi connectivity index (χ0n) is 20.0. The fourth-order valence-corrected chi connectivity index (χ4v) is 5.48. The summed E-state index contributed by atoms with van der Waals surface area (Å²) in [7, 11) is 0. The number of aliphatic hydroxyl groups is 1. The van der Waals surface area contributed by atoms with E-state index in [2.05, 4.69) is 20.2 Å². The SMILES string of the molecule is OCCOCCn1ccc2ncnc(Nc3ccc(OC4CCN(C5CCCC5)CC4)c(Cl)c3)c21. The molecule has 0 spiro atoms. The number of nitrogens with one attached hydrogen (secondary N) is 1. The Kier molecular flexibility index (Phi) is 8.03. The Hall–Kier alpha value is -2.39. The molecule has 0 radical (unpaired) electrons. The van der Waals surface area contributed by atoms with Crippen LogP contribution in [-0.2, 0) is 11.3 Å². The van der Waals surface area contributed by atoms with Gasteiger partial charge in [0.15, 0.2) is 5.82 Å². The highest BCUT2D eigenvalue weighted by Gasteiger charge is 2.28. The molecule has 2 aromatic heterocycles. The highest BCUT2D eigenvalue weighted by Crippen LogP contribution is 2.33. The van der Waals surface area contributed by atoms with Crippen molar-refractivity contribution in [3.63, 3.8) is 0 Å². The minimum Gasteiger partial charge on any atom is -0.489 e. The fourth-order valence-electron chi connectivity index (χ4n) is 5.26. The molecule has 188 valence electrons. The van der Waals surface area contributed by atoms with E-state index >= 15 is 0 Å². The number of nitrogens with zero attached hydrogens (tertiary/aromatic N) is 4. The van der Waals surface area contributed by atoms with Gasteiger partial charge in [0, 0.05) is 37.6 Å². The molecule has 2 N–H and O–H groups in total. The normalized spacial score (nSPS) is 17.9. The number of benzene rings is 1. The number of ether oxygens (including phenoxy) is 2. The van der Waals surface area contributed by atoms with Crippen LogP contribution in [-0.4, -0.2) is 69.6 Å². The van der Waals surface area contributed by atoms with Crippen molar-refractivity contribution >= 4 is 34.1 Å². The summed E-state index contributed by atoms with van der Waals surface area (Å²) in [4.78, 5) is 11.5. The third-order valence-corrected chi connectivity index (χ3v) is 7.36. The number of rotatable bonds is 10. The molecule has 1 aliphatic heterocycles. The second-order valence-corrected chi connectivity index (χ2v) is 9.77. The second-order valence-electron chi connectivity index (χ2n) is 9.36. The average molecular weight is 500 g/mol. The van der Waals surface area contributed by atoms with Crippen molar-refractivity contribution in [1.82, 2.24) is 19.4 Å². The number of hydrogen-bond donors (Lipinski definition) is 2. The van der Waals surface area contributed by atoms with Crippen LogP contribution >= 0.6 is 11.6 Å². The maximum atomic E-state index is 8.90.